The minimum atomic E-state index is -1.45. The van der Waals surface area contributed by atoms with Gasteiger partial charge >= 0.3 is 0 Å². The van der Waals surface area contributed by atoms with Crippen molar-refractivity contribution >= 4 is 28.8 Å². The van der Waals surface area contributed by atoms with Gasteiger partial charge in [-0.3, -0.25) is 4.79 Å². The summed E-state index contributed by atoms with van der Waals surface area (Å²) in [5, 5.41) is 16.4. The van der Waals surface area contributed by atoms with Crippen LogP contribution in [0.15, 0.2) is 64.6 Å². The summed E-state index contributed by atoms with van der Waals surface area (Å²) in [6, 6.07) is 13.8. The molecule has 5 nitrogen and oxygen atoms in total. The van der Waals surface area contributed by atoms with Crippen LogP contribution in [-0.4, -0.2) is 23.2 Å². The van der Waals surface area contributed by atoms with Gasteiger partial charge in [-0.05, 0) is 61.7 Å². The number of nitrogens with one attached hydrogen (secondary N) is 1. The second-order valence-corrected chi connectivity index (χ2v) is 7.95. The summed E-state index contributed by atoms with van der Waals surface area (Å²) in [4.78, 5) is 13.4. The largest absolute Gasteiger partial charge is 0.478 e. The third-order valence-electron chi connectivity index (χ3n) is 4.10. The summed E-state index contributed by atoms with van der Waals surface area (Å²) in [6.07, 6.45) is 1.49. The molecule has 27 heavy (non-hydrogen) atoms. The van der Waals surface area contributed by atoms with Crippen LogP contribution in [0.3, 0.4) is 0 Å². The maximum Gasteiger partial charge on any atom is 0.263 e. The number of carbonyl (C=O) groups excluding carboxylic acids is 1. The van der Waals surface area contributed by atoms with E-state index in [1.54, 1.807) is 56.3 Å². The fourth-order valence-electron chi connectivity index (χ4n) is 2.59. The van der Waals surface area contributed by atoms with Gasteiger partial charge in [0.15, 0.2) is 11.2 Å². The first-order valence-corrected chi connectivity index (χ1v) is 9.60. The summed E-state index contributed by atoms with van der Waals surface area (Å²) in [7, 11) is 0. The quantitative estimate of drug-likeness (QED) is 0.617. The van der Waals surface area contributed by atoms with E-state index in [4.69, 9.17) is 20.8 Å². The van der Waals surface area contributed by atoms with E-state index in [1.165, 1.54) is 17.6 Å². The number of amides is 1. The van der Waals surface area contributed by atoms with Crippen LogP contribution in [0.2, 0.25) is 5.02 Å². The lowest BCUT2D eigenvalue weighted by atomic mass is 9.98. The molecule has 3 rings (SSSR count). The van der Waals surface area contributed by atoms with Crippen molar-refractivity contribution in [1.29, 1.82) is 0 Å². The minimum Gasteiger partial charge on any atom is -0.478 e. The summed E-state index contributed by atoms with van der Waals surface area (Å²) < 4.78 is 11.2. The van der Waals surface area contributed by atoms with Gasteiger partial charge in [0, 0.05) is 9.90 Å². The number of rotatable bonds is 7. The van der Waals surface area contributed by atoms with Crippen molar-refractivity contribution in [3.63, 3.8) is 0 Å². The molecule has 0 aliphatic heterocycles. The standard InChI is InChI=1S/C20H20ClNO4S/c1-19(2,26-15-9-7-14(21)8-10-15)18(23)22-13-20(24,16-5-3-11-25-16)17-6-4-12-27-17/h3-12,24H,13H2,1-2H3,(H,22,23)/t20-/m0/s1. The summed E-state index contributed by atoms with van der Waals surface area (Å²) >= 11 is 7.26. The second-order valence-electron chi connectivity index (χ2n) is 6.56. The molecule has 7 heteroatoms. The molecule has 0 saturated carbocycles. The van der Waals surface area contributed by atoms with Crippen LogP contribution in [-0.2, 0) is 10.4 Å². The number of halogens is 1. The Kier molecular flexibility index (Phi) is 5.60. The zero-order valence-corrected chi connectivity index (χ0v) is 16.5. The number of benzene rings is 1. The predicted molar refractivity (Wildman–Crippen MR) is 105 cm³/mol. The van der Waals surface area contributed by atoms with E-state index >= 15 is 0 Å². The van der Waals surface area contributed by atoms with Crippen molar-refractivity contribution < 1.29 is 19.1 Å². The molecule has 0 unspecified atom stereocenters. The Balaban J connectivity index is 1.73. The zero-order chi connectivity index (χ0) is 19.5. The van der Waals surface area contributed by atoms with E-state index in [2.05, 4.69) is 5.32 Å². The molecule has 0 fully saturated rings. The predicted octanol–water partition coefficient (Wildman–Crippen LogP) is 4.20. The molecule has 0 spiro atoms. The Morgan fingerprint density at radius 3 is 2.56 bits per heavy atom. The third kappa shape index (κ3) is 4.35. The molecular weight excluding hydrogens is 386 g/mol. The van der Waals surface area contributed by atoms with Crippen LogP contribution in [0, 0.1) is 0 Å². The van der Waals surface area contributed by atoms with Gasteiger partial charge in [-0.2, -0.15) is 0 Å². The molecule has 1 aromatic carbocycles. The monoisotopic (exact) mass is 405 g/mol. The highest BCUT2D eigenvalue weighted by Crippen LogP contribution is 2.33. The van der Waals surface area contributed by atoms with Crippen molar-refractivity contribution in [1.82, 2.24) is 5.32 Å². The summed E-state index contributed by atoms with van der Waals surface area (Å²) in [5.74, 6) is 0.528. The first kappa shape index (κ1) is 19.5. The van der Waals surface area contributed by atoms with Crippen LogP contribution in [0.4, 0.5) is 0 Å². The highest BCUT2D eigenvalue weighted by molar-refractivity contribution is 7.10. The summed E-state index contributed by atoms with van der Waals surface area (Å²) in [5.41, 5.74) is -2.60. The van der Waals surface area contributed by atoms with Gasteiger partial charge < -0.3 is 19.6 Å². The molecular formula is C20H20ClNO4S. The third-order valence-corrected chi connectivity index (χ3v) is 5.37. The van der Waals surface area contributed by atoms with E-state index < -0.39 is 11.2 Å². The van der Waals surface area contributed by atoms with Crippen LogP contribution in [0.1, 0.15) is 24.5 Å². The Hall–Kier alpha value is -2.28. The molecule has 3 aromatic rings. The first-order chi connectivity index (χ1) is 12.8. The average molecular weight is 406 g/mol. The highest BCUT2D eigenvalue weighted by atomic mass is 35.5. The van der Waals surface area contributed by atoms with Crippen LogP contribution in [0.5, 0.6) is 5.75 Å². The van der Waals surface area contributed by atoms with Gasteiger partial charge in [0.25, 0.3) is 5.91 Å². The fraction of sp³-hybridized carbons (Fsp3) is 0.250. The smallest absolute Gasteiger partial charge is 0.263 e. The Bertz CT molecular complexity index is 839. The second kappa shape index (κ2) is 7.76. The van der Waals surface area contributed by atoms with Gasteiger partial charge in [-0.1, -0.05) is 17.7 Å². The van der Waals surface area contributed by atoms with E-state index in [1.807, 2.05) is 11.4 Å². The number of thiophene rings is 1. The molecule has 1 amide bonds. The average Bonchev–Trinajstić information content (AvgIpc) is 3.35. The van der Waals surface area contributed by atoms with Gasteiger partial charge in [0.2, 0.25) is 0 Å². The molecule has 0 aliphatic carbocycles. The molecule has 0 radical (unpaired) electrons. The van der Waals surface area contributed by atoms with Crippen LogP contribution in [0.25, 0.3) is 0 Å². The zero-order valence-electron chi connectivity index (χ0n) is 14.9. The lowest BCUT2D eigenvalue weighted by Gasteiger charge is -2.29. The Labute approximate surface area is 166 Å². The van der Waals surface area contributed by atoms with Crippen molar-refractivity contribution in [2.75, 3.05) is 6.54 Å². The highest BCUT2D eigenvalue weighted by Gasteiger charge is 2.38. The summed E-state index contributed by atoms with van der Waals surface area (Å²) in [6.45, 7) is 3.27. The van der Waals surface area contributed by atoms with E-state index in [0.29, 0.717) is 21.4 Å². The fourth-order valence-corrected chi connectivity index (χ4v) is 3.54. The molecule has 2 N–H and O–H groups in total. The lowest BCUT2D eigenvalue weighted by Crippen LogP contribution is -2.50. The number of aliphatic hydroxyl groups is 1. The Morgan fingerprint density at radius 2 is 1.96 bits per heavy atom. The molecule has 0 aliphatic rings. The van der Waals surface area contributed by atoms with Crippen LogP contribution < -0.4 is 10.1 Å². The van der Waals surface area contributed by atoms with Gasteiger partial charge in [0.05, 0.1) is 12.8 Å². The van der Waals surface area contributed by atoms with Crippen molar-refractivity contribution in [3.8, 4) is 5.75 Å². The number of hydrogen-bond acceptors (Lipinski definition) is 5. The van der Waals surface area contributed by atoms with Crippen LogP contribution >= 0.6 is 22.9 Å². The molecule has 0 bridgehead atoms. The van der Waals surface area contributed by atoms with E-state index in [-0.39, 0.29) is 12.5 Å². The molecule has 0 saturated heterocycles. The normalized spacial score (nSPS) is 13.8. The molecule has 1 atom stereocenters. The number of hydrogen-bond donors (Lipinski definition) is 2. The molecule has 2 aromatic heterocycles. The number of ether oxygens (including phenoxy) is 1. The molecule has 2 heterocycles. The van der Waals surface area contributed by atoms with Gasteiger partial charge in [-0.25, -0.2) is 0 Å². The topological polar surface area (TPSA) is 71.7 Å². The SMILES string of the molecule is CC(C)(Oc1ccc(Cl)cc1)C(=O)NC[C@](O)(c1ccco1)c1cccs1. The maximum absolute atomic E-state index is 12.7. The Morgan fingerprint density at radius 1 is 1.22 bits per heavy atom. The van der Waals surface area contributed by atoms with Gasteiger partial charge in [-0.15, -0.1) is 11.3 Å². The number of furan rings is 1. The van der Waals surface area contributed by atoms with E-state index in [9.17, 15) is 9.90 Å². The molecule has 142 valence electrons. The van der Waals surface area contributed by atoms with Gasteiger partial charge in [0.1, 0.15) is 11.5 Å². The van der Waals surface area contributed by atoms with E-state index in [0.717, 1.165) is 0 Å². The maximum atomic E-state index is 12.7. The van der Waals surface area contributed by atoms with Crippen molar-refractivity contribution in [2.45, 2.75) is 25.0 Å². The van der Waals surface area contributed by atoms with Crippen molar-refractivity contribution in [2.24, 2.45) is 0 Å². The lowest BCUT2D eigenvalue weighted by molar-refractivity contribution is -0.135. The minimum absolute atomic E-state index is 0.0483. The number of carbonyl (C=O) groups is 1. The van der Waals surface area contributed by atoms with Crippen molar-refractivity contribution in [3.05, 3.63) is 75.8 Å². The first-order valence-electron chi connectivity index (χ1n) is 8.34.